The van der Waals surface area contributed by atoms with Gasteiger partial charge in [-0.15, -0.1) is 0 Å². The van der Waals surface area contributed by atoms with E-state index < -0.39 is 15.4 Å². The quantitative estimate of drug-likeness (QED) is 0.744. The topological polar surface area (TPSA) is 72.2 Å². The number of rotatable bonds is 2. The van der Waals surface area contributed by atoms with E-state index in [4.69, 9.17) is 0 Å². The van der Waals surface area contributed by atoms with Crippen LogP contribution in [0.3, 0.4) is 0 Å². The van der Waals surface area contributed by atoms with Crippen LogP contribution in [0.15, 0.2) is 12.4 Å². The first-order valence-corrected chi connectivity index (χ1v) is 6.61. The van der Waals surface area contributed by atoms with Crippen LogP contribution in [0.5, 0.6) is 0 Å². The average molecular weight is 230 g/mol. The van der Waals surface area contributed by atoms with Crippen LogP contribution in [-0.2, 0) is 23.3 Å². The summed E-state index contributed by atoms with van der Waals surface area (Å²) in [5.74, 6) is 0.649. The summed E-state index contributed by atoms with van der Waals surface area (Å²) in [6.07, 6.45) is 4.03. The fourth-order valence-electron chi connectivity index (χ4n) is 1.90. The van der Waals surface area contributed by atoms with E-state index >= 15 is 0 Å². The number of aliphatic hydroxyl groups is 1. The van der Waals surface area contributed by atoms with Gasteiger partial charge in [-0.2, -0.15) is 0 Å². The van der Waals surface area contributed by atoms with Crippen LogP contribution in [0.25, 0.3) is 0 Å². The van der Waals surface area contributed by atoms with Crippen molar-refractivity contribution in [3.63, 3.8) is 0 Å². The zero-order valence-electron chi connectivity index (χ0n) is 8.55. The highest BCUT2D eigenvalue weighted by Gasteiger charge is 2.41. The molecule has 1 aliphatic heterocycles. The molecule has 84 valence electrons. The van der Waals surface area contributed by atoms with Crippen molar-refractivity contribution in [1.82, 2.24) is 9.55 Å². The van der Waals surface area contributed by atoms with Crippen LogP contribution in [0.2, 0.25) is 0 Å². The number of nitrogens with zero attached hydrogens (tertiary/aromatic N) is 2. The van der Waals surface area contributed by atoms with Crippen LogP contribution in [0.4, 0.5) is 0 Å². The van der Waals surface area contributed by atoms with Crippen LogP contribution in [0, 0.1) is 0 Å². The van der Waals surface area contributed by atoms with Gasteiger partial charge in [-0.1, -0.05) is 0 Å². The summed E-state index contributed by atoms with van der Waals surface area (Å²) in [6, 6.07) is 0. The molecular weight excluding hydrogens is 216 g/mol. The molecule has 1 atom stereocenters. The Bertz CT molecular complexity index is 465. The molecule has 0 amide bonds. The van der Waals surface area contributed by atoms with Gasteiger partial charge in [0.25, 0.3) is 0 Å². The third-order valence-electron chi connectivity index (χ3n) is 2.78. The molecule has 0 aliphatic carbocycles. The number of hydrogen-bond acceptors (Lipinski definition) is 4. The summed E-state index contributed by atoms with van der Waals surface area (Å²) >= 11 is 0. The maximum atomic E-state index is 11.3. The molecule has 0 spiro atoms. The van der Waals surface area contributed by atoms with Gasteiger partial charge in [0.2, 0.25) is 0 Å². The van der Waals surface area contributed by atoms with Gasteiger partial charge >= 0.3 is 0 Å². The summed E-state index contributed by atoms with van der Waals surface area (Å²) in [5.41, 5.74) is -1.13. The highest BCUT2D eigenvalue weighted by atomic mass is 32.2. The standard InChI is InChI=1S/C9H14N2O3S/c1-11-4-3-10-8(11)6-9(12)2-5-15(13,14)7-9/h3-4,12H,2,5-7H2,1H3. The normalized spacial score (nSPS) is 29.5. The molecule has 15 heavy (non-hydrogen) atoms. The summed E-state index contributed by atoms with van der Waals surface area (Å²) in [7, 11) is -1.23. The summed E-state index contributed by atoms with van der Waals surface area (Å²) in [6.45, 7) is 0. The zero-order valence-corrected chi connectivity index (χ0v) is 9.37. The van der Waals surface area contributed by atoms with E-state index in [-0.39, 0.29) is 11.5 Å². The van der Waals surface area contributed by atoms with Gasteiger partial charge < -0.3 is 9.67 Å². The summed E-state index contributed by atoms with van der Waals surface area (Å²) in [4.78, 5) is 4.08. The molecular formula is C9H14N2O3S. The summed E-state index contributed by atoms with van der Waals surface area (Å²) in [5, 5.41) is 10.1. The molecule has 2 heterocycles. The predicted octanol–water partition coefficient (Wildman–Crippen LogP) is -0.488. The lowest BCUT2D eigenvalue weighted by Gasteiger charge is -2.19. The van der Waals surface area contributed by atoms with Gasteiger partial charge in [0.15, 0.2) is 9.84 Å². The van der Waals surface area contributed by atoms with E-state index in [1.807, 2.05) is 7.05 Å². The number of imidazole rings is 1. The molecule has 1 unspecified atom stereocenters. The molecule has 5 nitrogen and oxygen atoms in total. The van der Waals surface area contributed by atoms with Crippen LogP contribution in [-0.4, -0.2) is 40.2 Å². The average Bonchev–Trinajstić information content (AvgIpc) is 2.59. The fraction of sp³-hybridized carbons (Fsp3) is 0.667. The van der Waals surface area contributed by atoms with Crippen molar-refractivity contribution in [3.05, 3.63) is 18.2 Å². The van der Waals surface area contributed by atoms with Gasteiger partial charge in [0, 0.05) is 25.9 Å². The molecule has 1 N–H and O–H groups in total. The molecule has 1 saturated heterocycles. The van der Waals surface area contributed by atoms with Crippen molar-refractivity contribution in [2.75, 3.05) is 11.5 Å². The highest BCUT2D eigenvalue weighted by Crippen LogP contribution is 2.26. The monoisotopic (exact) mass is 230 g/mol. The first-order valence-electron chi connectivity index (χ1n) is 4.79. The number of sulfone groups is 1. The third kappa shape index (κ3) is 2.21. The molecule has 0 bridgehead atoms. The molecule has 6 heteroatoms. The number of hydrogen-bond donors (Lipinski definition) is 1. The molecule has 1 aromatic rings. The van der Waals surface area contributed by atoms with Crippen molar-refractivity contribution < 1.29 is 13.5 Å². The second kappa shape index (κ2) is 3.31. The maximum Gasteiger partial charge on any atom is 0.153 e. The van der Waals surface area contributed by atoms with Gasteiger partial charge in [0.05, 0.1) is 17.1 Å². The van der Waals surface area contributed by atoms with Crippen molar-refractivity contribution in [3.8, 4) is 0 Å². The second-order valence-electron chi connectivity index (χ2n) is 4.20. The largest absolute Gasteiger partial charge is 0.388 e. The van der Waals surface area contributed by atoms with E-state index in [2.05, 4.69) is 4.98 Å². The lowest BCUT2D eigenvalue weighted by molar-refractivity contribution is 0.0654. The van der Waals surface area contributed by atoms with Gasteiger partial charge in [-0.05, 0) is 6.42 Å². The Morgan fingerprint density at radius 2 is 2.40 bits per heavy atom. The smallest absolute Gasteiger partial charge is 0.153 e. The lowest BCUT2D eigenvalue weighted by Crippen LogP contribution is -2.33. The van der Waals surface area contributed by atoms with Crippen molar-refractivity contribution in [2.24, 2.45) is 7.05 Å². The number of aryl methyl sites for hydroxylation is 1. The first-order chi connectivity index (χ1) is 6.90. The Morgan fingerprint density at radius 1 is 1.67 bits per heavy atom. The molecule has 0 radical (unpaired) electrons. The van der Waals surface area contributed by atoms with E-state index in [0.717, 1.165) is 5.82 Å². The Kier molecular flexibility index (Phi) is 2.35. The van der Waals surface area contributed by atoms with E-state index in [1.54, 1.807) is 17.0 Å². The minimum atomic E-state index is -3.06. The van der Waals surface area contributed by atoms with E-state index in [0.29, 0.717) is 12.8 Å². The van der Waals surface area contributed by atoms with Crippen molar-refractivity contribution in [2.45, 2.75) is 18.4 Å². The SMILES string of the molecule is Cn1ccnc1CC1(O)CCS(=O)(=O)C1. The predicted molar refractivity (Wildman–Crippen MR) is 55.1 cm³/mol. The van der Waals surface area contributed by atoms with Crippen LogP contribution >= 0.6 is 0 Å². The van der Waals surface area contributed by atoms with E-state index in [1.165, 1.54) is 0 Å². The lowest BCUT2D eigenvalue weighted by atomic mass is 9.99. The van der Waals surface area contributed by atoms with Gasteiger partial charge in [0.1, 0.15) is 5.82 Å². The minimum Gasteiger partial charge on any atom is -0.388 e. The molecule has 0 saturated carbocycles. The van der Waals surface area contributed by atoms with Gasteiger partial charge in [-0.3, -0.25) is 0 Å². The van der Waals surface area contributed by atoms with Crippen LogP contribution in [0.1, 0.15) is 12.2 Å². The first kappa shape index (κ1) is 10.6. The Balaban J connectivity index is 2.17. The van der Waals surface area contributed by atoms with E-state index in [9.17, 15) is 13.5 Å². The van der Waals surface area contributed by atoms with Crippen molar-refractivity contribution in [1.29, 1.82) is 0 Å². The second-order valence-corrected chi connectivity index (χ2v) is 6.38. The molecule has 1 fully saturated rings. The fourth-order valence-corrected chi connectivity index (χ4v) is 3.80. The third-order valence-corrected chi connectivity index (χ3v) is 4.58. The number of aromatic nitrogens is 2. The highest BCUT2D eigenvalue weighted by molar-refractivity contribution is 7.91. The molecule has 2 rings (SSSR count). The molecule has 1 aromatic heterocycles. The van der Waals surface area contributed by atoms with Crippen molar-refractivity contribution >= 4 is 9.84 Å². The molecule has 1 aliphatic rings. The van der Waals surface area contributed by atoms with Gasteiger partial charge in [-0.25, -0.2) is 13.4 Å². The maximum absolute atomic E-state index is 11.3. The zero-order chi connectivity index (χ0) is 11.1. The van der Waals surface area contributed by atoms with Crippen LogP contribution < -0.4 is 0 Å². The Hall–Kier alpha value is -0.880. The Morgan fingerprint density at radius 3 is 2.87 bits per heavy atom. The Labute approximate surface area is 88.7 Å². The summed E-state index contributed by atoms with van der Waals surface area (Å²) < 4.78 is 24.3. The minimum absolute atomic E-state index is 0.0773. The molecule has 0 aromatic carbocycles.